The zero-order valence-corrected chi connectivity index (χ0v) is 20.8. The van der Waals surface area contributed by atoms with Crippen molar-refractivity contribution >= 4 is 5.97 Å². The minimum Gasteiger partial charge on any atom is -0.461 e. The molecule has 1 atom stereocenters. The van der Waals surface area contributed by atoms with Gasteiger partial charge < -0.3 is 9.84 Å². The number of allylic oxidation sites excluding steroid dienone is 3. The van der Waals surface area contributed by atoms with Crippen LogP contribution in [0.1, 0.15) is 124 Å². The van der Waals surface area contributed by atoms with Gasteiger partial charge in [0.05, 0.1) is 5.60 Å². The normalized spacial score (nSPS) is 14.0. The molecule has 1 unspecified atom stereocenters. The molecular weight excluding hydrogens is 384 g/mol. The molecule has 0 rings (SSSR count). The van der Waals surface area contributed by atoms with E-state index in [1.54, 1.807) is 13.0 Å². The standard InChI is InChI=1S/C28H50O3/c1-5-7-8-9-10-11-12-13-14-15-16-17-18-19-20-23-27(29)31-25-26(3)22-21-24-28(4,30)6-2/h6,13-14,22,30H,2,5,7-12,15-21,23-25H2,1,3-4H3. The SMILES string of the molecule is C=CC(C)(O)CCC=C(C)COC(=O)CCCCCCCC=CCCCCCCCC. The van der Waals surface area contributed by atoms with E-state index >= 15 is 0 Å². The molecule has 3 nitrogen and oxygen atoms in total. The Balaban J connectivity index is 3.50. The largest absolute Gasteiger partial charge is 0.461 e. The van der Waals surface area contributed by atoms with E-state index in [1.807, 2.05) is 13.0 Å². The van der Waals surface area contributed by atoms with Crippen molar-refractivity contribution in [2.45, 2.75) is 129 Å². The Morgan fingerprint density at radius 1 is 0.903 bits per heavy atom. The van der Waals surface area contributed by atoms with E-state index in [1.165, 1.54) is 70.6 Å². The Bertz CT molecular complexity index is 502. The lowest BCUT2D eigenvalue weighted by Crippen LogP contribution is -2.19. The van der Waals surface area contributed by atoms with Crippen molar-refractivity contribution in [2.24, 2.45) is 0 Å². The van der Waals surface area contributed by atoms with Gasteiger partial charge in [-0.05, 0) is 64.4 Å². The summed E-state index contributed by atoms with van der Waals surface area (Å²) >= 11 is 0. The lowest BCUT2D eigenvalue weighted by molar-refractivity contribution is -0.142. The second-order valence-electron chi connectivity index (χ2n) is 9.15. The second kappa shape index (κ2) is 20.5. The first-order valence-electron chi connectivity index (χ1n) is 12.7. The monoisotopic (exact) mass is 434 g/mol. The summed E-state index contributed by atoms with van der Waals surface area (Å²) in [5, 5.41) is 9.88. The van der Waals surface area contributed by atoms with Crippen LogP contribution in [0.4, 0.5) is 0 Å². The van der Waals surface area contributed by atoms with Gasteiger partial charge in [0.2, 0.25) is 0 Å². The molecule has 0 spiro atoms. The molecule has 1 N–H and O–H groups in total. The van der Waals surface area contributed by atoms with Gasteiger partial charge in [0.15, 0.2) is 0 Å². The molecule has 3 heteroatoms. The van der Waals surface area contributed by atoms with Crippen LogP contribution < -0.4 is 0 Å². The lowest BCUT2D eigenvalue weighted by atomic mass is 10.00. The van der Waals surface area contributed by atoms with E-state index in [-0.39, 0.29) is 5.97 Å². The highest BCUT2D eigenvalue weighted by Crippen LogP contribution is 2.14. The van der Waals surface area contributed by atoms with Crippen molar-refractivity contribution in [3.05, 3.63) is 36.5 Å². The number of hydrogen-bond donors (Lipinski definition) is 1. The van der Waals surface area contributed by atoms with Crippen LogP contribution in [0, 0.1) is 0 Å². The van der Waals surface area contributed by atoms with Gasteiger partial charge in [-0.2, -0.15) is 0 Å². The van der Waals surface area contributed by atoms with E-state index in [9.17, 15) is 9.90 Å². The Morgan fingerprint density at radius 3 is 2.03 bits per heavy atom. The van der Waals surface area contributed by atoms with E-state index < -0.39 is 5.60 Å². The molecule has 0 saturated carbocycles. The average molecular weight is 435 g/mol. The Hall–Kier alpha value is -1.35. The van der Waals surface area contributed by atoms with Crippen LogP contribution in [0.3, 0.4) is 0 Å². The maximum atomic E-state index is 11.8. The summed E-state index contributed by atoms with van der Waals surface area (Å²) in [5.41, 5.74) is 0.190. The van der Waals surface area contributed by atoms with Crippen molar-refractivity contribution in [3.63, 3.8) is 0 Å². The minimum absolute atomic E-state index is 0.108. The van der Waals surface area contributed by atoms with E-state index in [2.05, 4.69) is 25.7 Å². The van der Waals surface area contributed by atoms with Gasteiger partial charge in [0.25, 0.3) is 0 Å². The maximum absolute atomic E-state index is 11.8. The summed E-state index contributed by atoms with van der Waals surface area (Å²) in [5.74, 6) is -0.108. The van der Waals surface area contributed by atoms with Crippen LogP contribution in [0.5, 0.6) is 0 Å². The molecule has 0 aliphatic heterocycles. The summed E-state index contributed by atoms with van der Waals surface area (Å²) < 4.78 is 5.33. The first kappa shape index (κ1) is 29.7. The van der Waals surface area contributed by atoms with Gasteiger partial charge in [0.1, 0.15) is 6.61 Å². The second-order valence-corrected chi connectivity index (χ2v) is 9.15. The summed E-state index contributed by atoms with van der Waals surface area (Å²) in [6, 6.07) is 0. The van der Waals surface area contributed by atoms with Crippen molar-refractivity contribution in [1.82, 2.24) is 0 Å². The number of esters is 1. The zero-order chi connectivity index (χ0) is 23.2. The first-order valence-corrected chi connectivity index (χ1v) is 12.7. The molecule has 0 amide bonds. The van der Waals surface area contributed by atoms with Crippen LogP contribution in [0.25, 0.3) is 0 Å². The molecular formula is C28H50O3. The molecule has 0 aliphatic carbocycles. The smallest absolute Gasteiger partial charge is 0.306 e. The fraction of sp³-hybridized carbons (Fsp3) is 0.750. The number of ether oxygens (including phenoxy) is 1. The number of carbonyl (C=O) groups is 1. The van der Waals surface area contributed by atoms with Crippen LogP contribution in [0.2, 0.25) is 0 Å². The van der Waals surface area contributed by atoms with Crippen molar-refractivity contribution in [3.8, 4) is 0 Å². The topological polar surface area (TPSA) is 46.5 Å². The molecule has 0 bridgehead atoms. The summed E-state index contributed by atoms with van der Waals surface area (Å²) in [6.45, 7) is 9.94. The van der Waals surface area contributed by atoms with Gasteiger partial charge in [0, 0.05) is 6.42 Å². The predicted octanol–water partition coefficient (Wildman–Crippen LogP) is 8.23. The molecule has 0 aliphatic rings. The van der Waals surface area contributed by atoms with Gasteiger partial charge >= 0.3 is 5.97 Å². The average Bonchev–Trinajstić information content (AvgIpc) is 2.75. The minimum atomic E-state index is -0.836. The van der Waals surface area contributed by atoms with Gasteiger partial charge in [-0.3, -0.25) is 4.79 Å². The molecule has 0 fully saturated rings. The number of unbranched alkanes of at least 4 members (excludes halogenated alkanes) is 11. The van der Waals surface area contributed by atoms with Gasteiger partial charge in [-0.25, -0.2) is 0 Å². The molecule has 180 valence electrons. The van der Waals surface area contributed by atoms with Crippen molar-refractivity contribution in [1.29, 1.82) is 0 Å². The number of aliphatic hydroxyl groups is 1. The molecule has 0 aromatic rings. The summed E-state index contributed by atoms with van der Waals surface area (Å²) in [7, 11) is 0. The highest BCUT2D eigenvalue weighted by molar-refractivity contribution is 5.69. The zero-order valence-electron chi connectivity index (χ0n) is 20.8. The molecule has 0 saturated heterocycles. The number of rotatable bonds is 21. The molecule has 0 radical (unpaired) electrons. The predicted molar refractivity (Wildman–Crippen MR) is 134 cm³/mol. The fourth-order valence-corrected chi connectivity index (χ4v) is 3.38. The van der Waals surface area contributed by atoms with Gasteiger partial charge in [-0.1, -0.05) is 82.6 Å². The quantitative estimate of drug-likeness (QED) is 0.112. The molecule has 0 aromatic carbocycles. The van der Waals surface area contributed by atoms with E-state index in [4.69, 9.17) is 4.74 Å². The number of hydrogen-bond acceptors (Lipinski definition) is 3. The van der Waals surface area contributed by atoms with Crippen LogP contribution in [-0.4, -0.2) is 23.3 Å². The first-order chi connectivity index (χ1) is 14.9. The van der Waals surface area contributed by atoms with Crippen LogP contribution in [0.15, 0.2) is 36.5 Å². The summed E-state index contributed by atoms with van der Waals surface area (Å²) in [6.07, 6.45) is 26.5. The third-order valence-corrected chi connectivity index (χ3v) is 5.69. The maximum Gasteiger partial charge on any atom is 0.306 e. The molecule has 0 aromatic heterocycles. The Morgan fingerprint density at radius 2 is 1.45 bits per heavy atom. The van der Waals surface area contributed by atoms with E-state index in [0.29, 0.717) is 19.4 Å². The third-order valence-electron chi connectivity index (χ3n) is 5.69. The lowest BCUT2D eigenvalue weighted by Gasteiger charge is -2.16. The number of carbonyl (C=O) groups excluding carboxylic acids is 1. The molecule has 31 heavy (non-hydrogen) atoms. The van der Waals surface area contributed by atoms with Gasteiger partial charge in [-0.15, -0.1) is 6.58 Å². The van der Waals surface area contributed by atoms with E-state index in [0.717, 1.165) is 24.8 Å². The Kier molecular flexibility index (Phi) is 19.7. The fourth-order valence-electron chi connectivity index (χ4n) is 3.38. The van der Waals surface area contributed by atoms with Crippen molar-refractivity contribution in [2.75, 3.05) is 6.61 Å². The third kappa shape index (κ3) is 21.7. The summed E-state index contributed by atoms with van der Waals surface area (Å²) in [4.78, 5) is 11.8. The van der Waals surface area contributed by atoms with Crippen LogP contribution in [-0.2, 0) is 9.53 Å². The van der Waals surface area contributed by atoms with Crippen LogP contribution >= 0.6 is 0 Å². The highest BCUT2D eigenvalue weighted by atomic mass is 16.5. The highest BCUT2D eigenvalue weighted by Gasteiger charge is 2.13. The molecule has 0 heterocycles. The van der Waals surface area contributed by atoms with Crippen molar-refractivity contribution < 1.29 is 14.6 Å². The Labute approximate surface area is 193 Å².